The van der Waals surface area contributed by atoms with Gasteiger partial charge in [0.15, 0.2) is 0 Å². The molecule has 1 aliphatic heterocycles. The molecular formula is C9H14NO4P. The quantitative estimate of drug-likeness (QED) is 0.592. The van der Waals surface area contributed by atoms with Crippen molar-refractivity contribution < 1.29 is 18.6 Å². The molecule has 1 heterocycles. The average molecular weight is 231 g/mol. The zero-order chi connectivity index (χ0) is 11.5. The predicted octanol–water partition coefficient (Wildman–Crippen LogP) is 1.78. The van der Waals surface area contributed by atoms with Gasteiger partial charge in [0.2, 0.25) is 0 Å². The molecule has 0 aromatic carbocycles. The molecule has 0 saturated carbocycles. The number of rotatable bonds is 3. The van der Waals surface area contributed by atoms with Crippen LogP contribution in [0.5, 0.6) is 0 Å². The molecule has 1 rings (SSSR count). The van der Waals surface area contributed by atoms with E-state index in [0.29, 0.717) is 17.9 Å². The van der Waals surface area contributed by atoms with Crippen molar-refractivity contribution >= 4 is 13.5 Å². The topological polar surface area (TPSA) is 64.6 Å². The first-order valence-corrected chi connectivity index (χ1v) is 6.23. The number of nitrogens with one attached hydrogen (secondary N) is 1. The molecule has 1 aliphatic rings. The molecule has 0 radical (unpaired) electrons. The van der Waals surface area contributed by atoms with Crippen molar-refractivity contribution in [3.05, 3.63) is 23.2 Å². The van der Waals surface area contributed by atoms with Gasteiger partial charge in [-0.05, 0) is 19.9 Å². The van der Waals surface area contributed by atoms with Crippen LogP contribution in [-0.4, -0.2) is 19.7 Å². The molecule has 84 valence electrons. The minimum Gasteiger partial charge on any atom is -0.462 e. The highest BCUT2D eigenvalue weighted by Crippen LogP contribution is 2.47. The highest BCUT2D eigenvalue weighted by atomic mass is 31.2. The van der Waals surface area contributed by atoms with Crippen LogP contribution in [0.1, 0.15) is 13.8 Å². The van der Waals surface area contributed by atoms with E-state index in [0.717, 1.165) is 0 Å². The molecule has 1 unspecified atom stereocenters. The third-order valence-electron chi connectivity index (χ3n) is 1.93. The summed E-state index contributed by atoms with van der Waals surface area (Å²) in [6, 6.07) is 0. The van der Waals surface area contributed by atoms with Gasteiger partial charge in [0.25, 0.3) is 0 Å². The summed E-state index contributed by atoms with van der Waals surface area (Å²) in [5.74, 6) is 0.924. The number of hydrogen-bond acceptors (Lipinski definition) is 4. The minimum absolute atomic E-state index is 0.311. The highest BCUT2D eigenvalue weighted by molar-refractivity contribution is 7.60. The van der Waals surface area contributed by atoms with Crippen LogP contribution in [0.25, 0.3) is 0 Å². The van der Waals surface area contributed by atoms with Gasteiger partial charge in [-0.25, -0.2) is 4.79 Å². The lowest BCUT2D eigenvalue weighted by molar-refractivity contribution is -0.138. The van der Waals surface area contributed by atoms with Gasteiger partial charge in [0.05, 0.1) is 12.2 Å². The Morgan fingerprint density at radius 2 is 2.27 bits per heavy atom. The largest absolute Gasteiger partial charge is 0.462 e. The number of carbonyl (C=O) groups excluding carboxylic acids is 1. The summed E-state index contributed by atoms with van der Waals surface area (Å²) >= 11 is 0. The van der Waals surface area contributed by atoms with E-state index in [2.05, 4.69) is 5.09 Å². The summed E-state index contributed by atoms with van der Waals surface area (Å²) in [5.41, 5.74) is 0.876. The lowest BCUT2D eigenvalue weighted by Crippen LogP contribution is -2.18. The first-order chi connectivity index (χ1) is 7.02. The van der Waals surface area contributed by atoms with Gasteiger partial charge in [-0.3, -0.25) is 4.57 Å². The standard InChI is InChI=1S/C9H14NO4P/c1-4-14-9(11)8-5-6-15(12,13-3)10-7(8)2/h5-6H,4H2,1-3H3,(H,10,12). The fourth-order valence-electron chi connectivity index (χ4n) is 1.17. The van der Waals surface area contributed by atoms with Gasteiger partial charge >= 0.3 is 13.5 Å². The normalized spacial score (nSPS) is 25.0. The van der Waals surface area contributed by atoms with Crippen LogP contribution in [0.15, 0.2) is 23.2 Å². The van der Waals surface area contributed by atoms with E-state index in [-0.39, 0.29) is 0 Å². The molecule has 5 nitrogen and oxygen atoms in total. The molecule has 1 atom stereocenters. The van der Waals surface area contributed by atoms with Crippen molar-refractivity contribution in [3.8, 4) is 0 Å². The van der Waals surface area contributed by atoms with Crippen molar-refractivity contribution in [2.24, 2.45) is 0 Å². The molecule has 0 aliphatic carbocycles. The number of ether oxygens (including phenoxy) is 1. The van der Waals surface area contributed by atoms with Gasteiger partial charge in [-0.2, -0.15) is 0 Å². The Hall–Kier alpha value is -1.06. The van der Waals surface area contributed by atoms with E-state index in [1.54, 1.807) is 13.8 Å². The Balaban J connectivity index is 2.88. The molecule has 0 aromatic heterocycles. The maximum absolute atomic E-state index is 11.7. The number of carbonyl (C=O) groups is 1. The van der Waals surface area contributed by atoms with E-state index >= 15 is 0 Å². The summed E-state index contributed by atoms with van der Waals surface area (Å²) in [5, 5.41) is 2.66. The number of allylic oxidation sites excluding steroid dienone is 1. The Bertz CT molecular complexity index is 372. The third kappa shape index (κ3) is 2.70. The summed E-state index contributed by atoms with van der Waals surface area (Å²) in [6.45, 7) is 3.70. The second-order valence-electron chi connectivity index (χ2n) is 2.97. The number of esters is 1. The van der Waals surface area contributed by atoms with Crippen molar-refractivity contribution in [2.45, 2.75) is 13.8 Å². The fourth-order valence-corrected chi connectivity index (χ4v) is 2.39. The van der Waals surface area contributed by atoms with Crippen LogP contribution in [0.4, 0.5) is 0 Å². The molecule has 0 aromatic rings. The van der Waals surface area contributed by atoms with Crippen molar-refractivity contribution in [1.82, 2.24) is 5.09 Å². The van der Waals surface area contributed by atoms with Crippen LogP contribution in [-0.2, 0) is 18.6 Å². The lowest BCUT2D eigenvalue weighted by Gasteiger charge is -2.20. The third-order valence-corrected chi connectivity index (χ3v) is 3.66. The second kappa shape index (κ2) is 4.64. The maximum atomic E-state index is 11.7. The summed E-state index contributed by atoms with van der Waals surface area (Å²) in [6.07, 6.45) is 1.47. The van der Waals surface area contributed by atoms with Gasteiger partial charge in [-0.15, -0.1) is 0 Å². The second-order valence-corrected chi connectivity index (χ2v) is 5.05. The van der Waals surface area contributed by atoms with E-state index in [9.17, 15) is 9.36 Å². The smallest absolute Gasteiger partial charge is 0.339 e. The van der Waals surface area contributed by atoms with E-state index in [1.807, 2.05) is 0 Å². The Labute approximate surface area is 88.6 Å². The molecule has 0 fully saturated rings. The number of hydrogen-bond donors (Lipinski definition) is 1. The molecule has 0 saturated heterocycles. The van der Waals surface area contributed by atoms with Crippen LogP contribution in [0, 0.1) is 0 Å². The first kappa shape index (κ1) is 12.0. The van der Waals surface area contributed by atoms with Gasteiger partial charge < -0.3 is 14.3 Å². The van der Waals surface area contributed by atoms with Crippen LogP contribution in [0.3, 0.4) is 0 Å². The molecule has 0 amide bonds. The van der Waals surface area contributed by atoms with Crippen molar-refractivity contribution in [3.63, 3.8) is 0 Å². The SMILES string of the molecule is CCOC(=O)C1=C(C)NP(=O)(OC)C=C1. The van der Waals surface area contributed by atoms with Crippen molar-refractivity contribution in [1.29, 1.82) is 0 Å². The Kier molecular flexibility index (Phi) is 3.72. The molecule has 0 spiro atoms. The molecular weight excluding hydrogens is 217 g/mol. The summed E-state index contributed by atoms with van der Waals surface area (Å²) in [7, 11) is -1.59. The van der Waals surface area contributed by atoms with Crippen LogP contribution < -0.4 is 5.09 Å². The first-order valence-electron chi connectivity index (χ1n) is 4.53. The van der Waals surface area contributed by atoms with Crippen molar-refractivity contribution in [2.75, 3.05) is 13.7 Å². The van der Waals surface area contributed by atoms with E-state index in [1.165, 1.54) is 19.0 Å². The summed E-state index contributed by atoms with van der Waals surface area (Å²) < 4.78 is 21.4. The highest BCUT2D eigenvalue weighted by Gasteiger charge is 2.25. The summed E-state index contributed by atoms with van der Waals surface area (Å²) in [4.78, 5) is 11.4. The van der Waals surface area contributed by atoms with Gasteiger partial charge in [0, 0.05) is 18.6 Å². The minimum atomic E-state index is -2.94. The average Bonchev–Trinajstić information content (AvgIpc) is 2.18. The van der Waals surface area contributed by atoms with E-state index in [4.69, 9.17) is 9.26 Å². The van der Waals surface area contributed by atoms with Crippen LogP contribution in [0.2, 0.25) is 0 Å². The Morgan fingerprint density at radius 3 is 2.73 bits per heavy atom. The zero-order valence-corrected chi connectivity index (χ0v) is 9.84. The molecule has 1 N–H and O–H groups in total. The maximum Gasteiger partial charge on any atom is 0.339 e. The monoisotopic (exact) mass is 231 g/mol. The van der Waals surface area contributed by atoms with Gasteiger partial charge in [-0.1, -0.05) is 0 Å². The Morgan fingerprint density at radius 1 is 1.60 bits per heavy atom. The fraction of sp³-hybridized carbons (Fsp3) is 0.444. The molecule has 6 heteroatoms. The predicted molar refractivity (Wildman–Crippen MR) is 56.2 cm³/mol. The lowest BCUT2D eigenvalue weighted by atomic mass is 10.2. The molecule has 15 heavy (non-hydrogen) atoms. The van der Waals surface area contributed by atoms with Gasteiger partial charge in [0.1, 0.15) is 0 Å². The van der Waals surface area contributed by atoms with Crippen LogP contribution >= 0.6 is 7.52 Å². The molecule has 0 bridgehead atoms. The van der Waals surface area contributed by atoms with E-state index < -0.39 is 13.5 Å². The zero-order valence-electron chi connectivity index (χ0n) is 8.94.